The van der Waals surface area contributed by atoms with Gasteiger partial charge in [0.15, 0.2) is 0 Å². The maximum absolute atomic E-state index is 11.6. The summed E-state index contributed by atoms with van der Waals surface area (Å²) in [5.74, 6) is 0.744. The van der Waals surface area contributed by atoms with Gasteiger partial charge in [-0.1, -0.05) is 24.9 Å². The molecular formula is C11H18N4O2. The lowest BCUT2D eigenvalue weighted by Gasteiger charge is -2.08. The number of rotatable bonds is 6. The molecule has 1 amide bonds. The minimum atomic E-state index is -0.508. The Hall–Kier alpha value is -1.43. The molecule has 2 rings (SSSR count). The smallest absolute Gasteiger partial charge is 0.322 e. The summed E-state index contributed by atoms with van der Waals surface area (Å²) in [5.41, 5.74) is 5.73. The van der Waals surface area contributed by atoms with E-state index >= 15 is 0 Å². The predicted molar refractivity (Wildman–Crippen MR) is 62.4 cm³/mol. The molecule has 17 heavy (non-hydrogen) atoms. The summed E-state index contributed by atoms with van der Waals surface area (Å²) in [6.45, 7) is 2.06. The molecule has 3 N–H and O–H groups in total. The summed E-state index contributed by atoms with van der Waals surface area (Å²) in [5, 5.41) is 10.2. The average Bonchev–Trinajstić information content (AvgIpc) is 3.07. The van der Waals surface area contributed by atoms with E-state index in [0.29, 0.717) is 18.2 Å². The molecule has 0 aliphatic heterocycles. The van der Waals surface area contributed by atoms with Crippen molar-refractivity contribution in [2.24, 2.45) is 5.73 Å². The normalized spacial score (nSPS) is 16.8. The Kier molecular flexibility index (Phi) is 3.73. The van der Waals surface area contributed by atoms with Crippen molar-refractivity contribution in [3.63, 3.8) is 0 Å². The second-order valence-electron chi connectivity index (χ2n) is 4.46. The molecule has 0 saturated heterocycles. The van der Waals surface area contributed by atoms with Crippen LogP contribution in [0.2, 0.25) is 0 Å². The van der Waals surface area contributed by atoms with Gasteiger partial charge in [-0.05, 0) is 19.3 Å². The lowest BCUT2D eigenvalue weighted by Crippen LogP contribution is -2.35. The number of amides is 1. The van der Waals surface area contributed by atoms with Crippen molar-refractivity contribution in [3.8, 4) is 0 Å². The molecule has 0 spiro atoms. The van der Waals surface area contributed by atoms with Crippen LogP contribution in [0.3, 0.4) is 0 Å². The lowest BCUT2D eigenvalue weighted by atomic mass is 10.1. The highest BCUT2D eigenvalue weighted by molar-refractivity contribution is 5.92. The minimum absolute atomic E-state index is 0.156. The van der Waals surface area contributed by atoms with Gasteiger partial charge < -0.3 is 10.2 Å². The van der Waals surface area contributed by atoms with Gasteiger partial charge in [0.25, 0.3) is 0 Å². The molecule has 1 aromatic heterocycles. The van der Waals surface area contributed by atoms with Gasteiger partial charge >= 0.3 is 6.01 Å². The van der Waals surface area contributed by atoms with Crippen LogP contribution in [0.4, 0.5) is 6.01 Å². The van der Waals surface area contributed by atoms with Crippen LogP contribution >= 0.6 is 0 Å². The number of carbonyl (C=O) groups is 1. The van der Waals surface area contributed by atoms with Crippen molar-refractivity contribution in [3.05, 3.63) is 5.89 Å². The highest BCUT2D eigenvalue weighted by atomic mass is 16.4. The zero-order valence-electron chi connectivity index (χ0n) is 9.98. The van der Waals surface area contributed by atoms with Gasteiger partial charge in [0.05, 0.1) is 6.04 Å². The molecule has 1 atom stereocenters. The molecule has 0 radical (unpaired) electrons. The van der Waals surface area contributed by atoms with E-state index in [0.717, 1.165) is 25.7 Å². The highest BCUT2D eigenvalue weighted by Crippen LogP contribution is 2.39. The molecule has 1 saturated carbocycles. The minimum Gasteiger partial charge on any atom is -0.408 e. The van der Waals surface area contributed by atoms with E-state index in [2.05, 4.69) is 22.4 Å². The fourth-order valence-corrected chi connectivity index (χ4v) is 1.53. The highest BCUT2D eigenvalue weighted by Gasteiger charge is 2.29. The fourth-order valence-electron chi connectivity index (χ4n) is 1.53. The topological polar surface area (TPSA) is 94.0 Å². The van der Waals surface area contributed by atoms with Crippen LogP contribution in [0.1, 0.15) is 50.8 Å². The molecule has 0 aromatic carbocycles. The third-order valence-corrected chi connectivity index (χ3v) is 2.80. The van der Waals surface area contributed by atoms with E-state index in [1.54, 1.807) is 0 Å². The second-order valence-corrected chi connectivity index (χ2v) is 4.46. The molecule has 1 aliphatic carbocycles. The number of hydrogen-bond donors (Lipinski definition) is 2. The molecule has 1 aliphatic rings. The summed E-state index contributed by atoms with van der Waals surface area (Å²) in [4.78, 5) is 11.6. The Labute approximate surface area is 100.0 Å². The maximum atomic E-state index is 11.6. The van der Waals surface area contributed by atoms with Gasteiger partial charge in [0.1, 0.15) is 0 Å². The van der Waals surface area contributed by atoms with E-state index < -0.39 is 6.04 Å². The quantitative estimate of drug-likeness (QED) is 0.781. The van der Waals surface area contributed by atoms with Crippen molar-refractivity contribution in [1.82, 2.24) is 10.2 Å². The number of anilines is 1. The maximum Gasteiger partial charge on any atom is 0.322 e. The van der Waals surface area contributed by atoms with Crippen LogP contribution in [0.25, 0.3) is 0 Å². The van der Waals surface area contributed by atoms with E-state index in [-0.39, 0.29) is 11.9 Å². The van der Waals surface area contributed by atoms with Gasteiger partial charge in [0.2, 0.25) is 11.8 Å². The van der Waals surface area contributed by atoms with Gasteiger partial charge in [-0.3, -0.25) is 10.1 Å². The summed E-state index contributed by atoms with van der Waals surface area (Å²) in [6, 6.07) is -0.352. The number of hydrogen-bond acceptors (Lipinski definition) is 5. The second kappa shape index (κ2) is 5.27. The van der Waals surface area contributed by atoms with Crippen LogP contribution in [-0.4, -0.2) is 22.1 Å². The van der Waals surface area contributed by atoms with E-state index in [1.807, 2.05) is 0 Å². The molecule has 1 heterocycles. The van der Waals surface area contributed by atoms with Crippen LogP contribution in [-0.2, 0) is 4.79 Å². The average molecular weight is 238 g/mol. The molecular weight excluding hydrogens is 220 g/mol. The number of nitrogens with one attached hydrogen (secondary N) is 1. The van der Waals surface area contributed by atoms with Crippen molar-refractivity contribution in [2.75, 3.05) is 5.32 Å². The standard InChI is InChI=1S/C11H18N4O2/c1-2-3-4-8(12)9(16)13-11-15-14-10(17-11)7-5-6-7/h7-8H,2-6,12H2,1H3,(H,13,15,16)/t8-/m0/s1. The Morgan fingerprint density at radius 2 is 2.35 bits per heavy atom. The van der Waals surface area contributed by atoms with Crippen LogP contribution < -0.4 is 11.1 Å². The van der Waals surface area contributed by atoms with Crippen LogP contribution in [0.5, 0.6) is 0 Å². The summed E-state index contributed by atoms with van der Waals surface area (Å²) < 4.78 is 5.32. The Morgan fingerprint density at radius 3 is 3.00 bits per heavy atom. The van der Waals surface area contributed by atoms with Gasteiger partial charge in [0, 0.05) is 5.92 Å². The first-order chi connectivity index (χ1) is 8.20. The zero-order valence-corrected chi connectivity index (χ0v) is 9.98. The molecule has 0 unspecified atom stereocenters. The third-order valence-electron chi connectivity index (χ3n) is 2.80. The van der Waals surface area contributed by atoms with Crippen molar-refractivity contribution >= 4 is 11.9 Å². The third kappa shape index (κ3) is 3.26. The van der Waals surface area contributed by atoms with E-state index in [9.17, 15) is 4.79 Å². The van der Waals surface area contributed by atoms with Crippen LogP contribution in [0, 0.1) is 0 Å². The summed E-state index contributed by atoms with van der Waals surface area (Å²) in [7, 11) is 0. The van der Waals surface area contributed by atoms with Crippen molar-refractivity contribution in [2.45, 2.75) is 51.0 Å². The first kappa shape index (κ1) is 12.0. The number of nitrogens with two attached hydrogens (primary N) is 1. The largest absolute Gasteiger partial charge is 0.408 e. The van der Waals surface area contributed by atoms with Gasteiger partial charge in [-0.2, -0.15) is 0 Å². The lowest BCUT2D eigenvalue weighted by molar-refractivity contribution is -0.117. The van der Waals surface area contributed by atoms with Gasteiger partial charge in [-0.25, -0.2) is 0 Å². The number of unbranched alkanes of at least 4 members (excludes halogenated alkanes) is 1. The Morgan fingerprint density at radius 1 is 1.59 bits per heavy atom. The number of nitrogens with zero attached hydrogens (tertiary/aromatic N) is 2. The molecule has 1 aromatic rings. The molecule has 6 heteroatoms. The fraction of sp³-hybridized carbons (Fsp3) is 0.727. The molecule has 6 nitrogen and oxygen atoms in total. The Balaban J connectivity index is 1.83. The monoisotopic (exact) mass is 238 g/mol. The number of aromatic nitrogens is 2. The Bertz CT molecular complexity index is 387. The number of carbonyl (C=O) groups excluding carboxylic acids is 1. The molecule has 0 bridgehead atoms. The predicted octanol–water partition coefficient (Wildman–Crippen LogP) is 1.40. The first-order valence-electron chi connectivity index (χ1n) is 6.10. The van der Waals surface area contributed by atoms with E-state index in [4.69, 9.17) is 10.2 Å². The van der Waals surface area contributed by atoms with Crippen molar-refractivity contribution < 1.29 is 9.21 Å². The zero-order chi connectivity index (χ0) is 12.3. The van der Waals surface area contributed by atoms with Crippen LogP contribution in [0.15, 0.2) is 4.42 Å². The summed E-state index contributed by atoms with van der Waals surface area (Å²) >= 11 is 0. The molecule has 1 fully saturated rings. The SMILES string of the molecule is CCCC[C@H](N)C(=O)Nc1nnc(C2CC2)o1. The van der Waals surface area contributed by atoms with Gasteiger partial charge in [-0.15, -0.1) is 5.10 Å². The summed E-state index contributed by atoms with van der Waals surface area (Å²) in [6.07, 6.45) is 4.81. The molecule has 94 valence electrons. The van der Waals surface area contributed by atoms with Crippen molar-refractivity contribution in [1.29, 1.82) is 0 Å². The van der Waals surface area contributed by atoms with E-state index in [1.165, 1.54) is 0 Å². The first-order valence-corrected chi connectivity index (χ1v) is 6.10.